The number of hydrogen-bond acceptors (Lipinski definition) is 3. The number of benzene rings is 1. The molecule has 1 aliphatic carbocycles. The highest BCUT2D eigenvalue weighted by atomic mass is 32.2. The molecule has 4 nitrogen and oxygen atoms in total. The zero-order valence-corrected chi connectivity index (χ0v) is 14.7. The summed E-state index contributed by atoms with van der Waals surface area (Å²) in [5, 5.41) is 0.681. The zero-order valence-electron chi connectivity index (χ0n) is 13.9. The number of imidazole rings is 1. The molecule has 1 fully saturated rings. The summed E-state index contributed by atoms with van der Waals surface area (Å²) in [4.78, 5) is 19.1. The van der Waals surface area contributed by atoms with E-state index in [4.69, 9.17) is 0 Å². The number of aryl methyl sites for hydroxylation is 1. The molecule has 1 amide bonds. The highest BCUT2D eigenvalue weighted by Gasteiger charge is 2.30. The van der Waals surface area contributed by atoms with Crippen molar-refractivity contribution in [1.29, 1.82) is 0 Å². The van der Waals surface area contributed by atoms with Crippen molar-refractivity contribution in [3.8, 4) is 5.69 Å². The Morgan fingerprint density at radius 1 is 1.39 bits per heavy atom. The van der Waals surface area contributed by atoms with Crippen LogP contribution in [0.3, 0.4) is 0 Å². The second-order valence-electron chi connectivity index (χ2n) is 6.23. The van der Waals surface area contributed by atoms with Crippen LogP contribution in [-0.4, -0.2) is 45.0 Å². The molecule has 122 valence electrons. The zero-order chi connectivity index (χ0) is 16.4. The lowest BCUT2D eigenvalue weighted by Gasteiger charge is -2.26. The second kappa shape index (κ2) is 6.79. The molecule has 1 aliphatic rings. The average Bonchev–Trinajstić information content (AvgIpc) is 3.24. The van der Waals surface area contributed by atoms with Gasteiger partial charge in [0, 0.05) is 30.7 Å². The minimum absolute atomic E-state index is 0.101. The largest absolute Gasteiger partial charge is 0.339 e. The number of carbonyl (C=O) groups is 1. The molecule has 0 aliphatic heterocycles. The molecule has 0 spiro atoms. The summed E-state index contributed by atoms with van der Waals surface area (Å²) in [6.45, 7) is 2.02. The van der Waals surface area contributed by atoms with Gasteiger partial charge in [-0.25, -0.2) is 4.98 Å². The van der Waals surface area contributed by atoms with Gasteiger partial charge in [0.15, 0.2) is 0 Å². The van der Waals surface area contributed by atoms with E-state index in [1.165, 1.54) is 6.42 Å². The van der Waals surface area contributed by atoms with Crippen LogP contribution >= 0.6 is 11.8 Å². The lowest BCUT2D eigenvalue weighted by atomic mass is 10.1. The molecule has 0 radical (unpaired) electrons. The fourth-order valence-electron chi connectivity index (χ4n) is 3.29. The SMILES string of the molecule is CS[C@H]1CC[C@H](N(C)C(=O)c2cc(C)ccc2-n2ccnc2)C1. The summed E-state index contributed by atoms with van der Waals surface area (Å²) >= 11 is 1.91. The second-order valence-corrected chi connectivity index (χ2v) is 7.37. The van der Waals surface area contributed by atoms with E-state index in [0.29, 0.717) is 11.3 Å². The average molecular weight is 329 g/mol. The number of nitrogens with zero attached hydrogens (tertiary/aromatic N) is 3. The molecular weight excluding hydrogens is 306 g/mol. The van der Waals surface area contributed by atoms with E-state index < -0.39 is 0 Å². The maximum absolute atomic E-state index is 13.1. The molecular formula is C18H23N3OS. The minimum atomic E-state index is 0.101. The number of aromatic nitrogens is 2. The van der Waals surface area contributed by atoms with Crippen molar-refractivity contribution in [3.63, 3.8) is 0 Å². The van der Waals surface area contributed by atoms with Gasteiger partial charge in [-0.3, -0.25) is 4.79 Å². The van der Waals surface area contributed by atoms with Gasteiger partial charge in [0.05, 0.1) is 17.6 Å². The Hall–Kier alpha value is -1.75. The summed E-state index contributed by atoms with van der Waals surface area (Å²) in [7, 11) is 1.94. The topological polar surface area (TPSA) is 38.1 Å². The Labute approximate surface area is 141 Å². The molecule has 2 aromatic rings. The van der Waals surface area contributed by atoms with Crippen molar-refractivity contribution in [2.45, 2.75) is 37.5 Å². The summed E-state index contributed by atoms with van der Waals surface area (Å²) < 4.78 is 1.90. The Morgan fingerprint density at radius 3 is 2.87 bits per heavy atom. The molecule has 1 aromatic carbocycles. The summed E-state index contributed by atoms with van der Waals surface area (Å²) in [5.41, 5.74) is 2.74. The lowest BCUT2D eigenvalue weighted by molar-refractivity contribution is 0.0735. The molecule has 2 atom stereocenters. The Bertz CT molecular complexity index is 684. The van der Waals surface area contributed by atoms with Crippen molar-refractivity contribution in [3.05, 3.63) is 48.0 Å². The maximum atomic E-state index is 13.1. The van der Waals surface area contributed by atoms with Gasteiger partial charge in [0.1, 0.15) is 0 Å². The van der Waals surface area contributed by atoms with Crippen LogP contribution in [0.4, 0.5) is 0 Å². The third kappa shape index (κ3) is 3.29. The molecule has 1 aromatic heterocycles. The van der Waals surface area contributed by atoms with E-state index in [1.807, 2.05) is 59.6 Å². The molecule has 5 heteroatoms. The van der Waals surface area contributed by atoms with Gasteiger partial charge in [0.25, 0.3) is 5.91 Å². The molecule has 23 heavy (non-hydrogen) atoms. The molecule has 0 unspecified atom stereocenters. The molecule has 1 heterocycles. The Kier molecular flexibility index (Phi) is 4.76. The van der Waals surface area contributed by atoms with Crippen LogP contribution in [-0.2, 0) is 0 Å². The van der Waals surface area contributed by atoms with Crippen LogP contribution < -0.4 is 0 Å². The van der Waals surface area contributed by atoms with Crippen LogP contribution in [0, 0.1) is 6.92 Å². The highest BCUT2D eigenvalue weighted by Crippen LogP contribution is 2.32. The summed E-state index contributed by atoms with van der Waals surface area (Å²) in [5.74, 6) is 0.101. The monoisotopic (exact) mass is 329 g/mol. The van der Waals surface area contributed by atoms with Crippen LogP contribution in [0.15, 0.2) is 36.9 Å². The van der Waals surface area contributed by atoms with Crippen LogP contribution in [0.5, 0.6) is 0 Å². The number of thioether (sulfide) groups is 1. The van der Waals surface area contributed by atoms with Gasteiger partial charge >= 0.3 is 0 Å². The van der Waals surface area contributed by atoms with E-state index in [9.17, 15) is 4.79 Å². The van der Waals surface area contributed by atoms with Crippen molar-refractivity contribution < 1.29 is 4.79 Å². The molecule has 0 N–H and O–H groups in total. The molecule has 3 rings (SSSR count). The van der Waals surface area contributed by atoms with E-state index in [1.54, 1.807) is 12.5 Å². The quantitative estimate of drug-likeness (QED) is 0.861. The van der Waals surface area contributed by atoms with E-state index >= 15 is 0 Å². The predicted octanol–water partition coefficient (Wildman–Crippen LogP) is 3.54. The Morgan fingerprint density at radius 2 is 2.22 bits per heavy atom. The Balaban J connectivity index is 1.88. The van der Waals surface area contributed by atoms with Crippen molar-refractivity contribution in [2.75, 3.05) is 13.3 Å². The molecule has 0 saturated heterocycles. The first-order chi connectivity index (χ1) is 11.1. The number of amides is 1. The van der Waals surface area contributed by atoms with Crippen LogP contribution in [0.25, 0.3) is 5.69 Å². The van der Waals surface area contributed by atoms with Crippen molar-refractivity contribution in [1.82, 2.24) is 14.5 Å². The van der Waals surface area contributed by atoms with Gasteiger partial charge < -0.3 is 9.47 Å². The van der Waals surface area contributed by atoms with E-state index in [-0.39, 0.29) is 5.91 Å². The predicted molar refractivity (Wildman–Crippen MR) is 95.3 cm³/mol. The normalized spacial score (nSPS) is 20.7. The number of carbonyl (C=O) groups excluding carboxylic acids is 1. The first kappa shape index (κ1) is 16.1. The van der Waals surface area contributed by atoms with Crippen molar-refractivity contribution >= 4 is 17.7 Å². The maximum Gasteiger partial charge on any atom is 0.255 e. The highest BCUT2D eigenvalue weighted by molar-refractivity contribution is 7.99. The lowest BCUT2D eigenvalue weighted by Crippen LogP contribution is -2.36. The van der Waals surface area contributed by atoms with Gasteiger partial charge in [-0.15, -0.1) is 0 Å². The van der Waals surface area contributed by atoms with Crippen LogP contribution in [0.2, 0.25) is 0 Å². The fourth-order valence-corrected chi connectivity index (χ4v) is 4.07. The smallest absolute Gasteiger partial charge is 0.255 e. The van der Waals surface area contributed by atoms with Gasteiger partial charge in [-0.1, -0.05) is 11.6 Å². The number of rotatable bonds is 4. The first-order valence-corrected chi connectivity index (χ1v) is 9.28. The minimum Gasteiger partial charge on any atom is -0.339 e. The van der Waals surface area contributed by atoms with Gasteiger partial charge in [-0.2, -0.15) is 11.8 Å². The molecule has 1 saturated carbocycles. The van der Waals surface area contributed by atoms with Gasteiger partial charge in [0.2, 0.25) is 0 Å². The van der Waals surface area contributed by atoms with E-state index in [2.05, 4.69) is 11.2 Å². The summed E-state index contributed by atoms with van der Waals surface area (Å²) in [6, 6.07) is 6.36. The summed E-state index contributed by atoms with van der Waals surface area (Å²) in [6.07, 6.45) is 10.9. The molecule has 0 bridgehead atoms. The standard InChI is InChI=1S/C18H23N3OS/c1-13-4-7-17(21-9-8-19-12-21)16(10-13)18(22)20(2)14-5-6-15(11-14)23-3/h4,7-10,12,14-15H,5-6,11H2,1-3H3/t14-,15-/m0/s1. The van der Waals surface area contributed by atoms with Crippen LogP contribution in [0.1, 0.15) is 35.2 Å². The van der Waals surface area contributed by atoms with E-state index in [0.717, 1.165) is 29.7 Å². The van der Waals surface area contributed by atoms with Crippen molar-refractivity contribution in [2.24, 2.45) is 0 Å². The third-order valence-electron chi connectivity index (χ3n) is 4.72. The first-order valence-electron chi connectivity index (χ1n) is 7.99. The third-order valence-corrected chi connectivity index (χ3v) is 5.82. The number of hydrogen-bond donors (Lipinski definition) is 0. The fraction of sp³-hybridized carbons (Fsp3) is 0.444. The van der Waals surface area contributed by atoms with Gasteiger partial charge in [-0.05, 0) is 44.6 Å².